The number of rotatable bonds is 3. The summed E-state index contributed by atoms with van der Waals surface area (Å²) < 4.78 is 0. The van der Waals surface area contributed by atoms with E-state index in [0.29, 0.717) is 5.41 Å². The van der Waals surface area contributed by atoms with Crippen molar-refractivity contribution < 1.29 is 4.79 Å². The number of carbonyl (C=O) groups excluding carboxylic acids is 1. The van der Waals surface area contributed by atoms with Crippen LogP contribution in [0.5, 0.6) is 0 Å². The van der Waals surface area contributed by atoms with Gasteiger partial charge in [0.15, 0.2) is 0 Å². The summed E-state index contributed by atoms with van der Waals surface area (Å²) in [6, 6.07) is 0. The first-order valence-electron chi connectivity index (χ1n) is 4.49. The lowest BCUT2D eigenvalue weighted by Gasteiger charge is -2.23. The fraction of sp³-hybridized carbons (Fsp3) is 0.889. The molecular weight excluding hydrogens is 174 g/mol. The molecule has 1 rings (SSSR count). The van der Waals surface area contributed by atoms with E-state index in [-0.39, 0.29) is 11.8 Å². The maximum Gasteiger partial charge on any atom is 0.234 e. The molecule has 0 heterocycles. The van der Waals surface area contributed by atoms with Crippen molar-refractivity contribution in [1.82, 2.24) is 5.32 Å². The fourth-order valence-corrected chi connectivity index (χ4v) is 1.86. The van der Waals surface area contributed by atoms with E-state index in [1.807, 2.05) is 0 Å². The third kappa shape index (κ3) is 2.67. The SMILES string of the molecule is CC1(CNC(=O)CCl)CCCC1. The fourth-order valence-electron chi connectivity index (χ4n) is 1.76. The third-order valence-electron chi connectivity index (χ3n) is 2.64. The second-order valence-corrected chi connectivity index (χ2v) is 4.20. The lowest BCUT2D eigenvalue weighted by molar-refractivity contribution is -0.119. The maximum absolute atomic E-state index is 10.9. The molecule has 0 saturated heterocycles. The lowest BCUT2D eigenvalue weighted by Crippen LogP contribution is -2.34. The molecule has 1 aliphatic rings. The zero-order valence-electron chi connectivity index (χ0n) is 7.53. The molecule has 0 atom stereocenters. The molecule has 0 radical (unpaired) electrons. The summed E-state index contributed by atoms with van der Waals surface area (Å²) in [7, 11) is 0. The van der Waals surface area contributed by atoms with Crippen molar-refractivity contribution in [3.63, 3.8) is 0 Å². The van der Waals surface area contributed by atoms with E-state index in [9.17, 15) is 4.79 Å². The van der Waals surface area contributed by atoms with Gasteiger partial charge in [0, 0.05) is 6.54 Å². The van der Waals surface area contributed by atoms with Gasteiger partial charge in [0.2, 0.25) is 5.91 Å². The van der Waals surface area contributed by atoms with Crippen LogP contribution in [0.15, 0.2) is 0 Å². The molecule has 1 fully saturated rings. The number of hydrogen-bond donors (Lipinski definition) is 1. The van der Waals surface area contributed by atoms with Crippen LogP contribution in [0.1, 0.15) is 32.6 Å². The first-order valence-corrected chi connectivity index (χ1v) is 5.02. The summed E-state index contributed by atoms with van der Waals surface area (Å²) in [6.45, 7) is 3.02. The summed E-state index contributed by atoms with van der Waals surface area (Å²) in [5.74, 6) is 0.0283. The predicted octanol–water partition coefficient (Wildman–Crippen LogP) is 1.92. The second kappa shape index (κ2) is 4.13. The van der Waals surface area contributed by atoms with Gasteiger partial charge in [-0.25, -0.2) is 0 Å². The summed E-state index contributed by atoms with van der Waals surface area (Å²) in [5.41, 5.74) is 0.335. The number of hydrogen-bond acceptors (Lipinski definition) is 1. The Bertz CT molecular complexity index is 164. The minimum absolute atomic E-state index is 0.0511. The second-order valence-electron chi connectivity index (χ2n) is 3.93. The van der Waals surface area contributed by atoms with Gasteiger partial charge in [-0.3, -0.25) is 4.79 Å². The highest BCUT2D eigenvalue weighted by Crippen LogP contribution is 2.36. The monoisotopic (exact) mass is 189 g/mol. The molecule has 0 aliphatic heterocycles. The molecule has 1 amide bonds. The van der Waals surface area contributed by atoms with E-state index in [0.717, 1.165) is 6.54 Å². The average Bonchev–Trinajstić information content (AvgIpc) is 2.49. The third-order valence-corrected chi connectivity index (χ3v) is 2.89. The summed E-state index contributed by atoms with van der Waals surface area (Å²) >= 11 is 5.37. The maximum atomic E-state index is 10.9. The molecule has 12 heavy (non-hydrogen) atoms. The Labute approximate surface area is 78.7 Å². The summed E-state index contributed by atoms with van der Waals surface area (Å²) in [6.07, 6.45) is 5.06. The average molecular weight is 190 g/mol. The minimum atomic E-state index is -0.0511. The Morgan fingerprint density at radius 1 is 1.50 bits per heavy atom. The molecule has 0 aromatic heterocycles. The van der Waals surface area contributed by atoms with Gasteiger partial charge in [-0.1, -0.05) is 19.8 Å². The van der Waals surface area contributed by atoms with Crippen LogP contribution < -0.4 is 5.32 Å². The van der Waals surface area contributed by atoms with E-state index in [4.69, 9.17) is 11.6 Å². The van der Waals surface area contributed by atoms with E-state index in [1.54, 1.807) is 0 Å². The normalized spacial score (nSPS) is 20.8. The van der Waals surface area contributed by atoms with Crippen LogP contribution >= 0.6 is 11.6 Å². The molecule has 1 aliphatic carbocycles. The van der Waals surface area contributed by atoms with Crippen molar-refractivity contribution >= 4 is 17.5 Å². The molecule has 0 spiro atoms. The Balaban J connectivity index is 2.25. The highest BCUT2D eigenvalue weighted by molar-refractivity contribution is 6.27. The molecule has 0 unspecified atom stereocenters. The van der Waals surface area contributed by atoms with Gasteiger partial charge >= 0.3 is 0 Å². The van der Waals surface area contributed by atoms with Crippen LogP contribution in [0.2, 0.25) is 0 Å². The van der Waals surface area contributed by atoms with E-state index in [2.05, 4.69) is 12.2 Å². The van der Waals surface area contributed by atoms with Gasteiger partial charge in [-0.2, -0.15) is 0 Å². The largest absolute Gasteiger partial charge is 0.355 e. The van der Waals surface area contributed by atoms with Gasteiger partial charge in [-0.05, 0) is 18.3 Å². The number of alkyl halides is 1. The van der Waals surface area contributed by atoms with Crippen LogP contribution in [0.3, 0.4) is 0 Å². The summed E-state index contributed by atoms with van der Waals surface area (Å²) in [5, 5.41) is 2.84. The van der Waals surface area contributed by atoms with Crippen LogP contribution in [0, 0.1) is 5.41 Å². The van der Waals surface area contributed by atoms with Gasteiger partial charge in [0.25, 0.3) is 0 Å². The topological polar surface area (TPSA) is 29.1 Å². The zero-order valence-corrected chi connectivity index (χ0v) is 8.28. The molecule has 1 saturated carbocycles. The Morgan fingerprint density at radius 2 is 2.08 bits per heavy atom. The number of nitrogens with one attached hydrogen (secondary N) is 1. The van der Waals surface area contributed by atoms with Gasteiger partial charge in [0.05, 0.1) is 0 Å². The van der Waals surface area contributed by atoms with Crippen molar-refractivity contribution in [1.29, 1.82) is 0 Å². The Kier molecular flexibility index (Phi) is 3.39. The van der Waals surface area contributed by atoms with Crippen LogP contribution in [-0.2, 0) is 4.79 Å². The van der Waals surface area contributed by atoms with Crippen molar-refractivity contribution in [3.05, 3.63) is 0 Å². The van der Waals surface area contributed by atoms with Gasteiger partial charge in [-0.15, -0.1) is 11.6 Å². The standard InChI is InChI=1S/C9H16ClNO/c1-9(4-2-3-5-9)7-11-8(12)6-10/h2-7H2,1H3,(H,11,12). The summed E-state index contributed by atoms with van der Waals surface area (Å²) in [4.78, 5) is 10.9. The molecule has 70 valence electrons. The van der Waals surface area contributed by atoms with Gasteiger partial charge in [0.1, 0.15) is 5.88 Å². The van der Waals surface area contributed by atoms with Crippen LogP contribution in [-0.4, -0.2) is 18.3 Å². The molecule has 0 aromatic carbocycles. The Hall–Kier alpha value is -0.240. The predicted molar refractivity (Wildman–Crippen MR) is 50.3 cm³/mol. The highest BCUT2D eigenvalue weighted by Gasteiger charge is 2.28. The van der Waals surface area contributed by atoms with E-state index < -0.39 is 0 Å². The van der Waals surface area contributed by atoms with E-state index in [1.165, 1.54) is 25.7 Å². The van der Waals surface area contributed by atoms with Crippen LogP contribution in [0.25, 0.3) is 0 Å². The molecule has 0 bridgehead atoms. The molecule has 3 heteroatoms. The molecule has 1 N–H and O–H groups in total. The van der Waals surface area contributed by atoms with E-state index >= 15 is 0 Å². The Morgan fingerprint density at radius 3 is 2.58 bits per heavy atom. The highest BCUT2D eigenvalue weighted by atomic mass is 35.5. The zero-order chi connectivity index (χ0) is 9.03. The number of carbonyl (C=O) groups is 1. The van der Waals surface area contributed by atoms with Gasteiger partial charge < -0.3 is 5.32 Å². The first-order chi connectivity index (χ1) is 5.66. The molecule has 0 aromatic rings. The lowest BCUT2D eigenvalue weighted by atomic mass is 9.89. The van der Waals surface area contributed by atoms with Crippen molar-refractivity contribution in [2.45, 2.75) is 32.6 Å². The van der Waals surface area contributed by atoms with Crippen molar-refractivity contribution in [2.24, 2.45) is 5.41 Å². The van der Waals surface area contributed by atoms with Crippen molar-refractivity contribution in [3.8, 4) is 0 Å². The minimum Gasteiger partial charge on any atom is -0.355 e. The number of amides is 1. The van der Waals surface area contributed by atoms with Crippen LogP contribution in [0.4, 0.5) is 0 Å². The molecular formula is C9H16ClNO. The number of halogens is 1. The van der Waals surface area contributed by atoms with Crippen molar-refractivity contribution in [2.75, 3.05) is 12.4 Å². The quantitative estimate of drug-likeness (QED) is 0.676. The first kappa shape index (κ1) is 9.85. The smallest absolute Gasteiger partial charge is 0.234 e. The molecule has 2 nitrogen and oxygen atoms in total.